The molecule has 0 radical (unpaired) electrons. The van der Waals surface area contributed by atoms with Crippen LogP contribution in [0.5, 0.6) is 0 Å². The topological polar surface area (TPSA) is 102 Å². The summed E-state index contributed by atoms with van der Waals surface area (Å²) in [6, 6.07) is 30.3. The Morgan fingerprint density at radius 3 is 2.31 bits per heavy atom. The zero-order valence-corrected chi connectivity index (χ0v) is 21.4. The van der Waals surface area contributed by atoms with Gasteiger partial charge in [-0.05, 0) is 46.5 Å². The van der Waals surface area contributed by atoms with Gasteiger partial charge in [-0.25, -0.2) is 4.98 Å². The van der Waals surface area contributed by atoms with Gasteiger partial charge in [-0.3, -0.25) is 14.9 Å². The van der Waals surface area contributed by atoms with Crippen LogP contribution in [0.4, 0.5) is 11.4 Å². The molecular formula is C31H27N5O3. The van der Waals surface area contributed by atoms with E-state index in [-0.39, 0.29) is 16.5 Å². The lowest BCUT2D eigenvalue weighted by molar-refractivity contribution is -0.385. The molecule has 0 saturated heterocycles. The fourth-order valence-electron chi connectivity index (χ4n) is 4.53. The van der Waals surface area contributed by atoms with Crippen molar-refractivity contribution >= 4 is 17.3 Å². The molecule has 4 aromatic carbocycles. The first-order valence-electron chi connectivity index (χ1n) is 12.5. The first kappa shape index (κ1) is 25.4. The van der Waals surface area contributed by atoms with Crippen LogP contribution in [0.25, 0.3) is 22.3 Å². The van der Waals surface area contributed by atoms with E-state index >= 15 is 0 Å². The Hall–Kier alpha value is -5.24. The average molecular weight is 518 g/mol. The predicted octanol–water partition coefficient (Wildman–Crippen LogP) is 6.15. The van der Waals surface area contributed by atoms with Crippen LogP contribution in [0.1, 0.15) is 21.6 Å². The maximum absolute atomic E-state index is 12.5. The second kappa shape index (κ2) is 11.4. The molecule has 0 fully saturated rings. The summed E-state index contributed by atoms with van der Waals surface area (Å²) in [6.45, 7) is 0.761. The molecule has 0 unspecified atom stereocenters. The molecule has 0 bridgehead atoms. The van der Waals surface area contributed by atoms with Crippen molar-refractivity contribution in [2.24, 2.45) is 0 Å². The fraction of sp³-hybridized carbons (Fsp3) is 0.0968. The molecule has 1 amide bonds. The van der Waals surface area contributed by atoms with Crippen LogP contribution in [-0.2, 0) is 13.1 Å². The number of carbonyl (C=O) groups excluding carboxylic acids is 1. The van der Waals surface area contributed by atoms with E-state index in [1.165, 1.54) is 0 Å². The highest BCUT2D eigenvalue weighted by molar-refractivity contribution is 6.01. The minimum atomic E-state index is -0.338. The van der Waals surface area contributed by atoms with Gasteiger partial charge in [-0.2, -0.15) is 0 Å². The van der Waals surface area contributed by atoms with Crippen molar-refractivity contribution < 1.29 is 9.72 Å². The Kier molecular flexibility index (Phi) is 7.45. The van der Waals surface area contributed by atoms with Crippen LogP contribution >= 0.6 is 0 Å². The Bertz CT molecular complexity index is 1610. The van der Waals surface area contributed by atoms with Gasteiger partial charge in [0.25, 0.3) is 11.6 Å². The third kappa shape index (κ3) is 5.70. The normalized spacial score (nSPS) is 10.7. The number of nitro groups is 1. The summed E-state index contributed by atoms with van der Waals surface area (Å²) in [5.74, 6) is -0.154. The lowest BCUT2D eigenvalue weighted by Crippen LogP contribution is -2.18. The number of benzene rings is 4. The minimum absolute atomic E-state index is 0.0706. The summed E-state index contributed by atoms with van der Waals surface area (Å²) in [5, 5.41) is 18.0. The van der Waals surface area contributed by atoms with Gasteiger partial charge in [0.15, 0.2) is 0 Å². The van der Waals surface area contributed by atoms with Gasteiger partial charge in [-0.1, -0.05) is 66.7 Å². The number of aromatic nitrogens is 2. The van der Waals surface area contributed by atoms with Crippen LogP contribution < -0.4 is 10.6 Å². The van der Waals surface area contributed by atoms with E-state index in [4.69, 9.17) is 0 Å². The number of rotatable bonds is 9. The zero-order chi connectivity index (χ0) is 27.2. The Morgan fingerprint density at radius 1 is 0.897 bits per heavy atom. The highest BCUT2D eigenvalue weighted by Crippen LogP contribution is 2.29. The van der Waals surface area contributed by atoms with Crippen molar-refractivity contribution in [3.8, 4) is 22.3 Å². The number of imidazole rings is 1. The Morgan fingerprint density at radius 2 is 1.62 bits per heavy atom. The van der Waals surface area contributed by atoms with Gasteiger partial charge >= 0.3 is 0 Å². The van der Waals surface area contributed by atoms with Crippen molar-refractivity contribution in [2.45, 2.75) is 13.1 Å². The quantitative estimate of drug-likeness (QED) is 0.180. The van der Waals surface area contributed by atoms with Crippen LogP contribution in [-0.4, -0.2) is 27.4 Å². The van der Waals surface area contributed by atoms with E-state index in [1.54, 1.807) is 37.8 Å². The molecule has 194 valence electrons. The molecule has 0 atom stereocenters. The SMILES string of the molecule is CNC(=O)c1ccc(NCc2cncn2Cc2ccc(-c3ccccc3)cc2[N+](=O)[O-])cc1-c1ccccc1. The number of carbonyl (C=O) groups is 1. The predicted molar refractivity (Wildman–Crippen MR) is 152 cm³/mol. The molecular weight excluding hydrogens is 490 g/mol. The van der Waals surface area contributed by atoms with Crippen molar-refractivity contribution in [1.82, 2.24) is 14.9 Å². The first-order valence-corrected chi connectivity index (χ1v) is 12.5. The molecule has 0 aliphatic carbocycles. The molecule has 39 heavy (non-hydrogen) atoms. The summed E-state index contributed by atoms with van der Waals surface area (Å²) in [4.78, 5) is 28.3. The number of amides is 1. The molecule has 0 aliphatic heterocycles. The Balaban J connectivity index is 1.37. The van der Waals surface area contributed by atoms with Crippen LogP contribution in [0.2, 0.25) is 0 Å². The lowest BCUT2D eigenvalue weighted by atomic mass is 9.98. The van der Waals surface area contributed by atoms with E-state index in [1.807, 2.05) is 83.4 Å². The molecule has 1 heterocycles. The molecule has 8 heteroatoms. The number of hydrogen-bond acceptors (Lipinski definition) is 5. The molecule has 1 aromatic heterocycles. The van der Waals surface area contributed by atoms with E-state index < -0.39 is 0 Å². The maximum Gasteiger partial charge on any atom is 0.275 e. The lowest BCUT2D eigenvalue weighted by Gasteiger charge is -2.14. The summed E-state index contributed by atoms with van der Waals surface area (Å²) in [7, 11) is 1.62. The van der Waals surface area contributed by atoms with Gasteiger partial charge in [0.2, 0.25) is 0 Å². The zero-order valence-electron chi connectivity index (χ0n) is 21.4. The van der Waals surface area contributed by atoms with Crippen LogP contribution in [0.15, 0.2) is 110 Å². The van der Waals surface area contributed by atoms with Gasteiger partial charge in [0.05, 0.1) is 30.0 Å². The molecule has 0 aliphatic rings. The maximum atomic E-state index is 12.5. The van der Waals surface area contributed by atoms with Crippen molar-refractivity contribution in [1.29, 1.82) is 0 Å². The van der Waals surface area contributed by atoms with E-state index in [0.29, 0.717) is 24.2 Å². The third-order valence-electron chi connectivity index (χ3n) is 6.58. The molecule has 8 nitrogen and oxygen atoms in total. The summed E-state index contributed by atoms with van der Waals surface area (Å²) in [6.07, 6.45) is 3.42. The van der Waals surface area contributed by atoms with Crippen molar-refractivity contribution in [3.05, 3.63) is 137 Å². The monoisotopic (exact) mass is 517 g/mol. The number of nitro benzene ring substituents is 1. The largest absolute Gasteiger partial charge is 0.379 e. The van der Waals surface area contributed by atoms with E-state index in [2.05, 4.69) is 15.6 Å². The second-order valence-electron chi connectivity index (χ2n) is 9.04. The number of nitrogens with one attached hydrogen (secondary N) is 2. The van der Waals surface area contributed by atoms with E-state index in [0.717, 1.165) is 33.6 Å². The number of nitrogens with zero attached hydrogens (tertiary/aromatic N) is 3. The molecule has 0 saturated carbocycles. The number of hydrogen-bond donors (Lipinski definition) is 2. The fourth-order valence-corrected chi connectivity index (χ4v) is 4.53. The minimum Gasteiger partial charge on any atom is -0.379 e. The summed E-state index contributed by atoms with van der Waals surface area (Å²) >= 11 is 0. The molecule has 5 rings (SSSR count). The highest BCUT2D eigenvalue weighted by atomic mass is 16.6. The number of anilines is 1. The average Bonchev–Trinajstić information content (AvgIpc) is 3.43. The smallest absolute Gasteiger partial charge is 0.275 e. The standard InChI is InChI=1S/C31H27N5O3/c1-32-31(37)28-15-14-26(17-29(28)23-10-6-3-7-11-23)34-19-27-18-33-21-35(27)20-25-13-12-24(16-30(25)36(38)39)22-8-4-2-5-9-22/h2-18,21,34H,19-20H2,1H3,(H,32,37). The van der Waals surface area contributed by atoms with Crippen molar-refractivity contribution in [2.75, 3.05) is 12.4 Å². The van der Waals surface area contributed by atoms with Crippen LogP contribution in [0, 0.1) is 10.1 Å². The van der Waals surface area contributed by atoms with Gasteiger partial charge < -0.3 is 15.2 Å². The van der Waals surface area contributed by atoms with Crippen molar-refractivity contribution in [3.63, 3.8) is 0 Å². The van der Waals surface area contributed by atoms with E-state index in [9.17, 15) is 14.9 Å². The third-order valence-corrected chi connectivity index (χ3v) is 6.58. The molecule has 5 aromatic rings. The van der Waals surface area contributed by atoms with Crippen LogP contribution in [0.3, 0.4) is 0 Å². The highest BCUT2D eigenvalue weighted by Gasteiger charge is 2.17. The molecule has 2 N–H and O–H groups in total. The van der Waals surface area contributed by atoms with Gasteiger partial charge in [-0.15, -0.1) is 0 Å². The molecule has 0 spiro atoms. The van der Waals surface area contributed by atoms with Gasteiger partial charge in [0, 0.05) is 36.1 Å². The first-order chi connectivity index (χ1) is 19.0. The summed E-state index contributed by atoms with van der Waals surface area (Å²) in [5.41, 5.74) is 6.45. The Labute approximate surface area is 226 Å². The second-order valence-corrected chi connectivity index (χ2v) is 9.04. The van der Waals surface area contributed by atoms with Gasteiger partial charge in [0.1, 0.15) is 0 Å². The summed E-state index contributed by atoms with van der Waals surface area (Å²) < 4.78 is 1.90.